The van der Waals surface area contributed by atoms with E-state index < -0.39 is 0 Å². The maximum Gasteiger partial charge on any atom is 0.289 e. The molecule has 3 aromatic rings. The Bertz CT molecular complexity index is 1000. The fourth-order valence-corrected chi connectivity index (χ4v) is 3.93. The van der Waals surface area contributed by atoms with E-state index in [9.17, 15) is 9.59 Å². The fraction of sp³-hybridized carbons (Fsp3) is 0.360. The summed E-state index contributed by atoms with van der Waals surface area (Å²) >= 11 is 0. The minimum absolute atomic E-state index is 0.0583. The van der Waals surface area contributed by atoms with Gasteiger partial charge in [0.2, 0.25) is 5.91 Å². The molecule has 1 fully saturated rings. The van der Waals surface area contributed by atoms with Gasteiger partial charge in [0.1, 0.15) is 5.58 Å². The minimum atomic E-state index is -0.0583. The van der Waals surface area contributed by atoms with Crippen LogP contribution >= 0.6 is 0 Å². The number of furan rings is 1. The van der Waals surface area contributed by atoms with Gasteiger partial charge >= 0.3 is 0 Å². The van der Waals surface area contributed by atoms with Crippen LogP contribution in [-0.4, -0.2) is 42.9 Å². The third kappa shape index (κ3) is 5.08. The first-order valence-corrected chi connectivity index (χ1v) is 11.1. The van der Waals surface area contributed by atoms with Gasteiger partial charge in [-0.15, -0.1) is 0 Å². The molecule has 2 amide bonds. The Morgan fingerprint density at radius 1 is 0.968 bits per heavy atom. The van der Waals surface area contributed by atoms with E-state index in [1.807, 2.05) is 59.5 Å². The molecule has 2 heterocycles. The molecule has 162 valence electrons. The quantitative estimate of drug-likeness (QED) is 0.553. The third-order valence-electron chi connectivity index (χ3n) is 5.73. The van der Waals surface area contributed by atoms with Gasteiger partial charge in [0.15, 0.2) is 5.76 Å². The van der Waals surface area contributed by atoms with E-state index in [0.717, 1.165) is 54.7 Å². The van der Waals surface area contributed by atoms with Crippen molar-refractivity contribution in [2.75, 3.05) is 36.4 Å². The molecule has 31 heavy (non-hydrogen) atoms. The zero-order valence-corrected chi connectivity index (χ0v) is 18.0. The molecule has 0 aliphatic carbocycles. The third-order valence-corrected chi connectivity index (χ3v) is 5.73. The first-order chi connectivity index (χ1) is 15.1. The van der Waals surface area contributed by atoms with Gasteiger partial charge in [-0.3, -0.25) is 9.59 Å². The molecular weight excluding hydrogens is 390 g/mol. The SMILES string of the molecule is CCCCCC(=O)Nc1ccc(N2CCN(C(=O)c3cc4ccccc4o3)CC2)cc1. The number of hydrogen-bond acceptors (Lipinski definition) is 4. The Labute approximate surface area is 182 Å². The van der Waals surface area contributed by atoms with Gasteiger partial charge in [0, 0.05) is 49.4 Å². The molecule has 1 saturated heterocycles. The van der Waals surface area contributed by atoms with E-state index in [0.29, 0.717) is 25.3 Å². The molecule has 4 rings (SSSR count). The monoisotopic (exact) mass is 419 g/mol. The van der Waals surface area contributed by atoms with Gasteiger partial charge in [0.05, 0.1) is 0 Å². The molecule has 0 atom stereocenters. The number of unbranched alkanes of at least 4 members (excludes halogenated alkanes) is 2. The van der Waals surface area contributed by atoms with E-state index in [1.54, 1.807) is 0 Å². The number of para-hydroxylation sites is 1. The van der Waals surface area contributed by atoms with Crippen LogP contribution < -0.4 is 10.2 Å². The fourth-order valence-electron chi connectivity index (χ4n) is 3.93. The van der Waals surface area contributed by atoms with Crippen LogP contribution in [0.3, 0.4) is 0 Å². The molecular formula is C25H29N3O3. The normalized spacial score (nSPS) is 14.1. The van der Waals surface area contributed by atoms with Crippen LogP contribution in [0.2, 0.25) is 0 Å². The summed E-state index contributed by atoms with van der Waals surface area (Å²) in [6, 6.07) is 17.4. The molecule has 6 heteroatoms. The lowest BCUT2D eigenvalue weighted by atomic mass is 10.2. The van der Waals surface area contributed by atoms with E-state index >= 15 is 0 Å². The molecule has 1 aliphatic rings. The van der Waals surface area contributed by atoms with Crippen molar-refractivity contribution in [3.8, 4) is 0 Å². The van der Waals surface area contributed by atoms with Crippen LogP contribution in [0.5, 0.6) is 0 Å². The molecule has 6 nitrogen and oxygen atoms in total. The number of hydrogen-bond donors (Lipinski definition) is 1. The Morgan fingerprint density at radius 2 is 1.71 bits per heavy atom. The van der Waals surface area contributed by atoms with Crippen molar-refractivity contribution in [3.05, 3.63) is 60.4 Å². The molecule has 0 spiro atoms. The number of rotatable bonds is 7. The number of anilines is 2. The van der Waals surface area contributed by atoms with E-state index in [-0.39, 0.29) is 11.8 Å². The van der Waals surface area contributed by atoms with E-state index in [1.165, 1.54) is 0 Å². The van der Waals surface area contributed by atoms with Crippen molar-refractivity contribution in [2.45, 2.75) is 32.6 Å². The highest BCUT2D eigenvalue weighted by Gasteiger charge is 2.24. The van der Waals surface area contributed by atoms with Gasteiger partial charge in [-0.1, -0.05) is 38.0 Å². The molecule has 0 unspecified atom stereocenters. The van der Waals surface area contributed by atoms with Crippen LogP contribution in [0.25, 0.3) is 11.0 Å². The molecule has 1 N–H and O–H groups in total. The first-order valence-electron chi connectivity index (χ1n) is 11.1. The lowest BCUT2D eigenvalue weighted by molar-refractivity contribution is -0.116. The summed E-state index contributed by atoms with van der Waals surface area (Å²) in [6.07, 6.45) is 3.69. The maximum atomic E-state index is 12.8. The number of amides is 2. The number of carbonyl (C=O) groups is 2. The average molecular weight is 420 g/mol. The smallest absolute Gasteiger partial charge is 0.289 e. The second kappa shape index (κ2) is 9.69. The van der Waals surface area contributed by atoms with Crippen molar-refractivity contribution in [2.24, 2.45) is 0 Å². The summed E-state index contributed by atoms with van der Waals surface area (Å²) in [6.45, 7) is 4.94. The summed E-state index contributed by atoms with van der Waals surface area (Å²) in [5.41, 5.74) is 2.66. The van der Waals surface area contributed by atoms with Crippen molar-refractivity contribution in [3.63, 3.8) is 0 Å². The molecule has 0 bridgehead atoms. The maximum absolute atomic E-state index is 12.8. The molecule has 0 saturated carbocycles. The molecule has 1 aliphatic heterocycles. The molecule has 1 aromatic heterocycles. The average Bonchev–Trinajstić information content (AvgIpc) is 3.24. The van der Waals surface area contributed by atoms with Crippen LogP contribution in [0.1, 0.15) is 43.2 Å². The number of nitrogens with zero attached hydrogens (tertiary/aromatic N) is 2. The Balaban J connectivity index is 1.30. The lowest BCUT2D eigenvalue weighted by Gasteiger charge is -2.35. The number of fused-ring (bicyclic) bond motifs is 1. The van der Waals surface area contributed by atoms with Crippen LogP contribution in [0.4, 0.5) is 11.4 Å². The second-order valence-electron chi connectivity index (χ2n) is 7.98. The summed E-state index contributed by atoms with van der Waals surface area (Å²) in [5.74, 6) is 0.407. The van der Waals surface area contributed by atoms with E-state index in [4.69, 9.17) is 4.42 Å². The standard InChI is InChI=1S/C25H29N3O3/c1-2-3-4-9-24(29)26-20-10-12-21(13-11-20)27-14-16-28(17-15-27)25(30)23-18-19-7-5-6-8-22(19)31-23/h5-8,10-13,18H,2-4,9,14-17H2,1H3,(H,26,29). The summed E-state index contributed by atoms with van der Waals surface area (Å²) < 4.78 is 5.73. The van der Waals surface area contributed by atoms with E-state index in [2.05, 4.69) is 17.1 Å². The summed E-state index contributed by atoms with van der Waals surface area (Å²) in [5, 5.41) is 3.91. The topological polar surface area (TPSA) is 65.8 Å². The van der Waals surface area contributed by atoms with Gasteiger partial charge in [-0.2, -0.15) is 0 Å². The van der Waals surface area contributed by atoms with Crippen LogP contribution in [-0.2, 0) is 4.79 Å². The predicted octanol–water partition coefficient (Wildman–Crippen LogP) is 4.91. The lowest BCUT2D eigenvalue weighted by Crippen LogP contribution is -2.48. The summed E-state index contributed by atoms with van der Waals surface area (Å²) in [4.78, 5) is 28.9. The van der Waals surface area contributed by atoms with Crippen LogP contribution in [0.15, 0.2) is 59.0 Å². The van der Waals surface area contributed by atoms with Crippen molar-refractivity contribution >= 4 is 34.2 Å². The largest absolute Gasteiger partial charge is 0.451 e. The van der Waals surface area contributed by atoms with Gasteiger partial charge in [0.25, 0.3) is 5.91 Å². The van der Waals surface area contributed by atoms with Crippen molar-refractivity contribution < 1.29 is 14.0 Å². The Morgan fingerprint density at radius 3 is 2.42 bits per heavy atom. The molecule has 2 aromatic carbocycles. The predicted molar refractivity (Wildman–Crippen MR) is 124 cm³/mol. The number of piperazine rings is 1. The minimum Gasteiger partial charge on any atom is -0.451 e. The van der Waals surface area contributed by atoms with Gasteiger partial charge in [-0.05, 0) is 42.8 Å². The van der Waals surface area contributed by atoms with Gasteiger partial charge in [-0.25, -0.2) is 0 Å². The zero-order chi connectivity index (χ0) is 21.6. The first kappa shape index (κ1) is 21.0. The van der Waals surface area contributed by atoms with Crippen molar-refractivity contribution in [1.29, 1.82) is 0 Å². The highest BCUT2D eigenvalue weighted by atomic mass is 16.3. The summed E-state index contributed by atoms with van der Waals surface area (Å²) in [7, 11) is 0. The number of nitrogens with one attached hydrogen (secondary N) is 1. The molecule has 0 radical (unpaired) electrons. The van der Waals surface area contributed by atoms with Gasteiger partial charge < -0.3 is 19.5 Å². The van der Waals surface area contributed by atoms with Crippen LogP contribution in [0, 0.1) is 0 Å². The Hall–Kier alpha value is -3.28. The number of benzene rings is 2. The zero-order valence-electron chi connectivity index (χ0n) is 18.0. The highest BCUT2D eigenvalue weighted by Crippen LogP contribution is 2.23. The number of carbonyl (C=O) groups excluding carboxylic acids is 2. The Kier molecular flexibility index (Phi) is 6.55. The highest BCUT2D eigenvalue weighted by molar-refractivity contribution is 5.96. The second-order valence-corrected chi connectivity index (χ2v) is 7.98. The van der Waals surface area contributed by atoms with Crippen molar-refractivity contribution in [1.82, 2.24) is 4.90 Å².